The molecule has 1 aliphatic rings. The van der Waals surface area contributed by atoms with E-state index in [9.17, 15) is 9.59 Å². The number of rotatable bonds is 5. The van der Waals surface area contributed by atoms with E-state index >= 15 is 0 Å². The number of nitrogens with zero attached hydrogens (tertiary/aromatic N) is 1. The first-order valence-corrected chi connectivity index (χ1v) is 10.0. The fourth-order valence-electron chi connectivity index (χ4n) is 3.62. The summed E-state index contributed by atoms with van der Waals surface area (Å²) in [4.78, 5) is 27.0. The molecular formula is C25H24N2O3. The highest BCUT2D eigenvalue weighted by Gasteiger charge is 2.35. The van der Waals surface area contributed by atoms with Crippen LogP contribution in [-0.2, 0) is 9.59 Å². The Morgan fingerprint density at radius 2 is 1.63 bits per heavy atom. The van der Waals surface area contributed by atoms with Gasteiger partial charge in [0.05, 0.1) is 5.92 Å². The van der Waals surface area contributed by atoms with Crippen LogP contribution >= 0.6 is 0 Å². The molecule has 0 radical (unpaired) electrons. The first kappa shape index (κ1) is 19.7. The molecule has 0 saturated carbocycles. The van der Waals surface area contributed by atoms with Gasteiger partial charge in [0.25, 0.3) is 0 Å². The maximum atomic E-state index is 12.7. The summed E-state index contributed by atoms with van der Waals surface area (Å²) in [6.45, 7) is 4.42. The maximum absolute atomic E-state index is 12.7. The van der Waals surface area contributed by atoms with Crippen LogP contribution in [0.5, 0.6) is 11.5 Å². The highest BCUT2D eigenvalue weighted by molar-refractivity contribution is 6.03. The fraction of sp³-hybridized carbons (Fsp3) is 0.200. The molecule has 5 heteroatoms. The second kappa shape index (κ2) is 8.41. The number of carbonyl (C=O) groups is 2. The summed E-state index contributed by atoms with van der Waals surface area (Å²) in [6, 6.07) is 22.6. The van der Waals surface area contributed by atoms with E-state index < -0.39 is 0 Å². The molecule has 1 atom stereocenters. The van der Waals surface area contributed by atoms with E-state index in [0.29, 0.717) is 18.0 Å². The lowest BCUT2D eigenvalue weighted by atomic mass is 10.1. The van der Waals surface area contributed by atoms with Crippen molar-refractivity contribution in [2.45, 2.75) is 20.3 Å². The molecular weight excluding hydrogens is 376 g/mol. The lowest BCUT2D eigenvalue weighted by molar-refractivity contribution is -0.122. The zero-order valence-electron chi connectivity index (χ0n) is 17.1. The predicted molar refractivity (Wildman–Crippen MR) is 118 cm³/mol. The number of benzene rings is 3. The Balaban J connectivity index is 1.39. The summed E-state index contributed by atoms with van der Waals surface area (Å²) in [6.07, 6.45) is 0.217. The summed E-state index contributed by atoms with van der Waals surface area (Å²) < 4.78 is 5.77. The molecule has 30 heavy (non-hydrogen) atoms. The first-order valence-electron chi connectivity index (χ1n) is 10.0. The van der Waals surface area contributed by atoms with Gasteiger partial charge >= 0.3 is 0 Å². The molecule has 1 unspecified atom stereocenters. The van der Waals surface area contributed by atoms with Crippen molar-refractivity contribution in [3.63, 3.8) is 0 Å². The molecule has 2 amide bonds. The first-order chi connectivity index (χ1) is 14.5. The largest absolute Gasteiger partial charge is 0.457 e. The van der Waals surface area contributed by atoms with E-state index in [-0.39, 0.29) is 24.2 Å². The van der Waals surface area contributed by atoms with Gasteiger partial charge in [-0.15, -0.1) is 0 Å². The standard InChI is InChI=1S/C25H24N2O3/c1-17-7-6-10-23(18(17)2)27-16-19(15-24(27)28)25(29)26-20-11-13-22(14-12-20)30-21-8-4-3-5-9-21/h3-14,19H,15-16H2,1-2H3,(H,26,29). The number of hydrogen-bond acceptors (Lipinski definition) is 3. The second-order valence-corrected chi connectivity index (χ2v) is 7.55. The van der Waals surface area contributed by atoms with Gasteiger partial charge in [-0.05, 0) is 67.4 Å². The van der Waals surface area contributed by atoms with Crippen molar-refractivity contribution in [1.29, 1.82) is 0 Å². The van der Waals surface area contributed by atoms with Crippen LogP contribution in [0.3, 0.4) is 0 Å². The zero-order valence-corrected chi connectivity index (χ0v) is 17.1. The predicted octanol–water partition coefficient (Wildman–Crippen LogP) is 5.09. The van der Waals surface area contributed by atoms with Crippen LogP contribution in [0.1, 0.15) is 17.5 Å². The third-order valence-corrected chi connectivity index (χ3v) is 5.46. The number of anilines is 2. The van der Waals surface area contributed by atoms with Gasteiger partial charge in [0.2, 0.25) is 11.8 Å². The van der Waals surface area contributed by atoms with Gasteiger partial charge in [0.1, 0.15) is 11.5 Å². The number of amides is 2. The molecule has 0 bridgehead atoms. The summed E-state index contributed by atoms with van der Waals surface area (Å²) in [5, 5.41) is 2.92. The normalized spacial score (nSPS) is 15.9. The SMILES string of the molecule is Cc1cccc(N2CC(C(=O)Nc3ccc(Oc4ccccc4)cc3)CC2=O)c1C. The minimum absolute atomic E-state index is 0.0181. The third kappa shape index (κ3) is 4.20. The van der Waals surface area contributed by atoms with Crippen LogP contribution < -0.4 is 15.0 Å². The van der Waals surface area contributed by atoms with Crippen LogP contribution in [-0.4, -0.2) is 18.4 Å². The molecule has 1 aliphatic heterocycles. The molecule has 0 aliphatic carbocycles. The molecule has 0 spiro atoms. The van der Waals surface area contributed by atoms with Gasteiger partial charge in [0.15, 0.2) is 0 Å². The van der Waals surface area contributed by atoms with Crippen LogP contribution in [0.2, 0.25) is 0 Å². The van der Waals surface area contributed by atoms with Crippen molar-refractivity contribution in [2.24, 2.45) is 5.92 Å². The monoisotopic (exact) mass is 400 g/mol. The highest BCUT2D eigenvalue weighted by Crippen LogP contribution is 2.30. The van der Waals surface area contributed by atoms with Gasteiger partial charge in [-0.1, -0.05) is 30.3 Å². The van der Waals surface area contributed by atoms with Crippen molar-refractivity contribution >= 4 is 23.2 Å². The summed E-state index contributed by atoms with van der Waals surface area (Å²) >= 11 is 0. The number of aryl methyl sites for hydroxylation is 1. The quantitative estimate of drug-likeness (QED) is 0.649. The van der Waals surface area contributed by atoms with Crippen LogP contribution in [0.15, 0.2) is 72.8 Å². The number of ether oxygens (including phenoxy) is 1. The Bertz CT molecular complexity index is 1060. The van der Waals surface area contributed by atoms with E-state index in [2.05, 4.69) is 5.32 Å². The molecule has 152 valence electrons. The average Bonchev–Trinajstić information content (AvgIpc) is 3.14. The third-order valence-electron chi connectivity index (χ3n) is 5.46. The fourth-order valence-corrected chi connectivity index (χ4v) is 3.62. The van der Waals surface area contributed by atoms with Crippen molar-refractivity contribution in [1.82, 2.24) is 0 Å². The van der Waals surface area contributed by atoms with Crippen molar-refractivity contribution in [3.8, 4) is 11.5 Å². The van der Waals surface area contributed by atoms with Crippen molar-refractivity contribution < 1.29 is 14.3 Å². The van der Waals surface area contributed by atoms with Crippen molar-refractivity contribution in [3.05, 3.63) is 83.9 Å². The number of nitrogens with one attached hydrogen (secondary N) is 1. The Kier molecular flexibility index (Phi) is 5.53. The molecule has 4 rings (SSSR count). The van der Waals surface area contributed by atoms with Crippen LogP contribution in [0.25, 0.3) is 0 Å². The van der Waals surface area contributed by atoms with Gasteiger partial charge in [0, 0.05) is 24.3 Å². The van der Waals surface area contributed by atoms with Gasteiger partial charge in [-0.3, -0.25) is 9.59 Å². The lowest BCUT2D eigenvalue weighted by Gasteiger charge is -2.20. The minimum atomic E-state index is -0.377. The Labute approximate surface area is 176 Å². The molecule has 1 fully saturated rings. The number of hydrogen-bond donors (Lipinski definition) is 1. The molecule has 5 nitrogen and oxygen atoms in total. The van der Waals surface area contributed by atoms with E-state index in [1.807, 2.05) is 74.5 Å². The molecule has 1 heterocycles. The van der Waals surface area contributed by atoms with Crippen molar-refractivity contribution in [2.75, 3.05) is 16.8 Å². The summed E-state index contributed by atoms with van der Waals surface area (Å²) in [5.41, 5.74) is 3.77. The van der Waals surface area contributed by atoms with Gasteiger partial charge < -0.3 is 15.0 Å². The maximum Gasteiger partial charge on any atom is 0.229 e. The van der Waals surface area contributed by atoms with Gasteiger partial charge in [-0.2, -0.15) is 0 Å². The van der Waals surface area contributed by atoms with E-state index in [1.54, 1.807) is 17.0 Å². The molecule has 3 aromatic carbocycles. The summed E-state index contributed by atoms with van der Waals surface area (Å²) in [7, 11) is 0. The molecule has 1 saturated heterocycles. The molecule has 1 N–H and O–H groups in total. The Hall–Kier alpha value is -3.60. The van der Waals surface area contributed by atoms with E-state index in [1.165, 1.54) is 0 Å². The highest BCUT2D eigenvalue weighted by atomic mass is 16.5. The Morgan fingerprint density at radius 1 is 0.933 bits per heavy atom. The van der Waals surface area contributed by atoms with E-state index in [0.717, 1.165) is 22.6 Å². The number of carbonyl (C=O) groups excluding carboxylic acids is 2. The topological polar surface area (TPSA) is 58.6 Å². The molecule has 3 aromatic rings. The molecule has 0 aromatic heterocycles. The minimum Gasteiger partial charge on any atom is -0.457 e. The lowest BCUT2D eigenvalue weighted by Crippen LogP contribution is -2.28. The summed E-state index contributed by atoms with van der Waals surface area (Å²) in [5.74, 6) is 0.905. The van der Waals surface area contributed by atoms with Gasteiger partial charge in [-0.25, -0.2) is 0 Å². The second-order valence-electron chi connectivity index (χ2n) is 7.55. The number of para-hydroxylation sites is 1. The Morgan fingerprint density at radius 3 is 2.37 bits per heavy atom. The van der Waals surface area contributed by atoms with E-state index in [4.69, 9.17) is 4.74 Å². The van der Waals surface area contributed by atoms with Crippen LogP contribution in [0, 0.1) is 19.8 Å². The van der Waals surface area contributed by atoms with Crippen LogP contribution in [0.4, 0.5) is 11.4 Å². The smallest absolute Gasteiger partial charge is 0.229 e. The average molecular weight is 400 g/mol. The zero-order chi connectivity index (χ0) is 21.1.